The fraction of sp³-hybridized carbons (Fsp3) is 0.500. The molecule has 0 heterocycles. The zero-order valence-corrected chi connectivity index (χ0v) is 12.6. The second-order valence-corrected chi connectivity index (χ2v) is 5.15. The second-order valence-electron chi connectivity index (χ2n) is 3.99. The van der Waals surface area contributed by atoms with Crippen molar-refractivity contribution in [2.75, 3.05) is 12.4 Å². The molecule has 100 valence electrons. The molecule has 0 saturated carbocycles. The van der Waals surface area contributed by atoms with E-state index in [4.69, 9.17) is 4.74 Å². The van der Waals surface area contributed by atoms with Crippen molar-refractivity contribution in [1.82, 2.24) is 0 Å². The smallest absolute Gasteiger partial charge is 0.287 e. The summed E-state index contributed by atoms with van der Waals surface area (Å²) in [5.74, 6) is 1.62. The summed E-state index contributed by atoms with van der Waals surface area (Å²) < 4.78 is 6.03. The largest absolute Gasteiger partial charge is 0.492 e. The summed E-state index contributed by atoms with van der Waals surface area (Å²) >= 11 is 7.48. The van der Waals surface area contributed by atoms with Gasteiger partial charge in [0.15, 0.2) is 0 Å². The maximum Gasteiger partial charge on any atom is 0.287 e. The van der Waals surface area contributed by atoms with Gasteiger partial charge in [0.25, 0.3) is 5.69 Å². The van der Waals surface area contributed by atoms with Crippen molar-refractivity contribution < 1.29 is 9.66 Å². The van der Waals surface area contributed by atoms with Crippen LogP contribution in [-0.4, -0.2) is 17.3 Å². The molecule has 0 aliphatic carbocycles. The van der Waals surface area contributed by atoms with E-state index in [0.717, 1.165) is 18.6 Å². The average Bonchev–Trinajstić information content (AvgIpc) is 2.35. The molecule has 1 atom stereocenters. The van der Waals surface area contributed by atoms with Crippen LogP contribution in [0.4, 0.5) is 5.69 Å². The Morgan fingerprint density at radius 2 is 2.28 bits per heavy atom. The Balaban J connectivity index is 2.73. The van der Waals surface area contributed by atoms with Gasteiger partial charge in [-0.1, -0.05) is 19.4 Å². The van der Waals surface area contributed by atoms with Crippen LogP contribution in [-0.2, 0) is 0 Å². The van der Waals surface area contributed by atoms with Gasteiger partial charge in [0, 0.05) is 12.0 Å². The van der Waals surface area contributed by atoms with E-state index in [0.29, 0.717) is 22.7 Å². The Bertz CT molecular complexity index is 414. The molecule has 0 fully saturated rings. The van der Waals surface area contributed by atoms with Gasteiger partial charge in [0.05, 0.1) is 11.5 Å². The number of hydrogen-bond donors (Lipinski definition) is 1. The number of halogens is 1. The molecule has 0 aromatic heterocycles. The molecule has 1 rings (SSSR count). The van der Waals surface area contributed by atoms with E-state index in [9.17, 15) is 10.1 Å². The summed E-state index contributed by atoms with van der Waals surface area (Å²) in [6.45, 7) is 2.64. The van der Waals surface area contributed by atoms with Crippen molar-refractivity contribution >= 4 is 34.2 Å². The number of thiol groups is 1. The van der Waals surface area contributed by atoms with Crippen molar-refractivity contribution in [3.8, 4) is 5.75 Å². The lowest BCUT2D eigenvalue weighted by Gasteiger charge is -2.15. The van der Waals surface area contributed by atoms with Crippen LogP contribution < -0.4 is 4.74 Å². The molecule has 0 spiro atoms. The molecule has 0 aliphatic rings. The normalized spacial score (nSPS) is 12.2. The Morgan fingerprint density at radius 1 is 1.56 bits per heavy atom. The highest BCUT2D eigenvalue weighted by molar-refractivity contribution is 9.10. The first-order chi connectivity index (χ1) is 8.60. The van der Waals surface area contributed by atoms with E-state index < -0.39 is 4.92 Å². The van der Waals surface area contributed by atoms with Crippen LogP contribution in [0.2, 0.25) is 0 Å². The number of nitro groups is 1. The van der Waals surface area contributed by atoms with E-state index in [1.165, 1.54) is 6.07 Å². The molecule has 6 heteroatoms. The van der Waals surface area contributed by atoms with Gasteiger partial charge in [-0.2, -0.15) is 12.6 Å². The predicted octanol–water partition coefficient (Wildman–Crippen LogP) is 4.08. The summed E-state index contributed by atoms with van der Waals surface area (Å²) in [4.78, 5) is 10.3. The molecule has 1 aromatic carbocycles. The Morgan fingerprint density at radius 3 is 2.83 bits per heavy atom. The Labute approximate surface area is 120 Å². The van der Waals surface area contributed by atoms with Crippen LogP contribution >= 0.6 is 28.6 Å². The van der Waals surface area contributed by atoms with Crippen LogP contribution in [0, 0.1) is 16.0 Å². The predicted molar refractivity (Wildman–Crippen MR) is 78.5 cm³/mol. The highest BCUT2D eigenvalue weighted by Gasteiger charge is 2.16. The highest BCUT2D eigenvalue weighted by Crippen LogP contribution is 2.34. The lowest BCUT2D eigenvalue weighted by atomic mass is 10.1. The Hall–Kier alpha value is -0.750. The number of hydrogen-bond acceptors (Lipinski definition) is 4. The van der Waals surface area contributed by atoms with Crippen molar-refractivity contribution in [2.45, 2.75) is 19.8 Å². The Kier molecular flexibility index (Phi) is 6.49. The molecule has 0 radical (unpaired) electrons. The van der Waals surface area contributed by atoms with Crippen molar-refractivity contribution in [3.63, 3.8) is 0 Å². The summed E-state index contributed by atoms with van der Waals surface area (Å²) in [6.07, 6.45) is 2.11. The molecule has 0 N–H and O–H groups in total. The number of benzene rings is 1. The van der Waals surface area contributed by atoms with E-state index in [1.807, 2.05) is 0 Å². The average molecular weight is 334 g/mol. The number of ether oxygens (including phenoxy) is 1. The molecule has 1 aromatic rings. The number of nitro benzene ring substituents is 1. The lowest BCUT2D eigenvalue weighted by Crippen LogP contribution is -2.13. The van der Waals surface area contributed by atoms with Gasteiger partial charge in [-0.05, 0) is 34.2 Å². The maximum atomic E-state index is 10.8. The molecule has 0 saturated heterocycles. The summed E-state index contributed by atoms with van der Waals surface area (Å²) in [6, 6.07) is 4.78. The van der Waals surface area contributed by atoms with Gasteiger partial charge in [-0.25, -0.2) is 0 Å². The van der Waals surface area contributed by atoms with Gasteiger partial charge in [-0.3, -0.25) is 10.1 Å². The molecule has 0 bridgehead atoms. The van der Waals surface area contributed by atoms with Crippen LogP contribution in [0.25, 0.3) is 0 Å². The van der Waals surface area contributed by atoms with Crippen molar-refractivity contribution in [3.05, 3.63) is 32.8 Å². The van der Waals surface area contributed by atoms with Crippen LogP contribution in [0.15, 0.2) is 22.7 Å². The first kappa shape index (κ1) is 15.3. The minimum Gasteiger partial charge on any atom is -0.492 e. The number of rotatable bonds is 7. The fourth-order valence-electron chi connectivity index (χ4n) is 1.59. The fourth-order valence-corrected chi connectivity index (χ4v) is 2.41. The van der Waals surface area contributed by atoms with Crippen molar-refractivity contribution in [1.29, 1.82) is 0 Å². The van der Waals surface area contributed by atoms with Gasteiger partial charge in [-0.15, -0.1) is 0 Å². The van der Waals surface area contributed by atoms with E-state index >= 15 is 0 Å². The van der Waals surface area contributed by atoms with E-state index in [-0.39, 0.29) is 5.69 Å². The first-order valence-corrected chi connectivity index (χ1v) is 7.19. The van der Waals surface area contributed by atoms with Crippen LogP contribution in [0.1, 0.15) is 19.8 Å². The number of nitrogens with zero attached hydrogens (tertiary/aromatic N) is 1. The minimum absolute atomic E-state index is 0.0189. The molecule has 0 amide bonds. The van der Waals surface area contributed by atoms with Crippen LogP contribution in [0.5, 0.6) is 5.75 Å². The first-order valence-electron chi connectivity index (χ1n) is 5.76. The molecule has 0 aliphatic heterocycles. The van der Waals surface area contributed by atoms with E-state index in [2.05, 4.69) is 35.5 Å². The third-order valence-corrected chi connectivity index (χ3v) is 3.88. The monoisotopic (exact) mass is 333 g/mol. The highest BCUT2D eigenvalue weighted by atomic mass is 79.9. The summed E-state index contributed by atoms with van der Waals surface area (Å²) in [7, 11) is 0. The summed E-state index contributed by atoms with van der Waals surface area (Å²) in [5, 5.41) is 10.8. The van der Waals surface area contributed by atoms with Gasteiger partial charge in [0.1, 0.15) is 10.2 Å². The third-order valence-electron chi connectivity index (χ3n) is 2.57. The van der Waals surface area contributed by atoms with Gasteiger partial charge >= 0.3 is 0 Å². The zero-order valence-electron chi connectivity index (χ0n) is 10.1. The third kappa shape index (κ3) is 4.17. The molecule has 4 nitrogen and oxygen atoms in total. The molecule has 1 unspecified atom stereocenters. The lowest BCUT2D eigenvalue weighted by molar-refractivity contribution is -0.385. The van der Waals surface area contributed by atoms with E-state index in [1.54, 1.807) is 12.1 Å². The minimum atomic E-state index is -0.431. The van der Waals surface area contributed by atoms with Gasteiger partial charge in [0.2, 0.25) is 0 Å². The molecular weight excluding hydrogens is 318 g/mol. The summed E-state index contributed by atoms with van der Waals surface area (Å²) in [5.41, 5.74) is 0.0189. The standard InChI is InChI=1S/C12H16BrNO3S/c1-2-4-9(8-18)7-17-11-6-3-5-10(12(11)13)14(15)16/h3,5-6,9,18H,2,4,7-8H2,1H3. The quantitative estimate of drug-likeness (QED) is 0.464. The zero-order chi connectivity index (χ0) is 13.5. The molecular formula is C12H16BrNO3S. The van der Waals surface area contributed by atoms with Crippen LogP contribution in [0.3, 0.4) is 0 Å². The second kappa shape index (κ2) is 7.63. The van der Waals surface area contributed by atoms with Gasteiger partial charge < -0.3 is 4.74 Å². The molecule has 18 heavy (non-hydrogen) atoms. The maximum absolute atomic E-state index is 10.8. The topological polar surface area (TPSA) is 52.4 Å². The van der Waals surface area contributed by atoms with Crippen molar-refractivity contribution in [2.24, 2.45) is 5.92 Å². The SMILES string of the molecule is CCCC(CS)COc1cccc([N+](=O)[O-])c1Br.